The summed E-state index contributed by atoms with van der Waals surface area (Å²) in [5, 5.41) is 2.52. The zero-order chi connectivity index (χ0) is 29.6. The molecule has 42 heavy (non-hydrogen) atoms. The predicted molar refractivity (Wildman–Crippen MR) is 132 cm³/mol. The first-order valence-electron chi connectivity index (χ1n) is 13.1. The Morgan fingerprint density at radius 3 is 2.45 bits per heavy atom. The second kappa shape index (κ2) is 15.2. The van der Waals surface area contributed by atoms with Crippen molar-refractivity contribution in [2.45, 2.75) is 32.1 Å². The minimum Gasteiger partial charge on any atom is -0.379 e. The van der Waals surface area contributed by atoms with Crippen molar-refractivity contribution in [3.05, 3.63) is 58.8 Å². The summed E-state index contributed by atoms with van der Waals surface area (Å²) in [7, 11) is 0. The van der Waals surface area contributed by atoms with E-state index in [1.54, 1.807) is 0 Å². The van der Waals surface area contributed by atoms with Crippen LogP contribution in [0.2, 0.25) is 0 Å². The number of ether oxygens (including phenoxy) is 2. The van der Waals surface area contributed by atoms with Gasteiger partial charge in [-0.1, -0.05) is 6.42 Å². The summed E-state index contributed by atoms with van der Waals surface area (Å²) in [5.41, 5.74) is -0.641. The number of imidazole rings is 1. The monoisotopic (exact) mass is 648 g/mol. The van der Waals surface area contributed by atoms with Crippen LogP contribution in [0.25, 0.3) is 0 Å². The standard InChI is InChI=1S/C26H30F6N5O4.Ni/c27-18-15-20(29)19(28)14-17(18)2-1-3-22(38)36-5-6-37-21(16-36)23(34-25(37)26(30,31)32)24(39)33-4-10-40-11-7-35-8-12-41-13-9-35;/h1,14-15H,2-13,16H2,(H,33,39);/q-1;. The van der Waals surface area contributed by atoms with E-state index in [-0.39, 0.29) is 73.4 Å². The number of morpholine rings is 1. The third kappa shape index (κ3) is 8.68. The summed E-state index contributed by atoms with van der Waals surface area (Å²) in [6, 6.07) is 1.11. The number of carbonyl (C=O) groups excluding carboxylic acids is 2. The number of hydrogen-bond donors (Lipinski definition) is 1. The maximum Gasteiger partial charge on any atom is 0.449 e. The molecule has 2 aromatic rings. The number of alkyl halides is 3. The number of halogens is 6. The number of hydrogen-bond acceptors (Lipinski definition) is 6. The molecule has 1 N–H and O–H groups in total. The minimum atomic E-state index is -4.82. The van der Waals surface area contributed by atoms with Crippen LogP contribution in [-0.4, -0.2) is 90.3 Å². The number of nitrogens with one attached hydrogen (secondary N) is 1. The molecule has 0 atom stereocenters. The van der Waals surface area contributed by atoms with E-state index in [1.807, 2.05) is 0 Å². The first kappa shape index (κ1) is 33.8. The Morgan fingerprint density at radius 2 is 1.74 bits per heavy atom. The van der Waals surface area contributed by atoms with E-state index in [1.165, 1.54) is 11.3 Å². The van der Waals surface area contributed by atoms with Gasteiger partial charge in [-0.15, -0.1) is 0 Å². The number of nitrogens with zero attached hydrogens (tertiary/aromatic N) is 4. The number of aromatic nitrogens is 2. The van der Waals surface area contributed by atoms with E-state index < -0.39 is 47.0 Å². The third-order valence-electron chi connectivity index (χ3n) is 6.79. The molecular weight excluding hydrogens is 619 g/mol. The molecule has 0 radical (unpaired) electrons. The molecule has 16 heteroatoms. The number of benzene rings is 1. The maximum atomic E-state index is 13.8. The van der Waals surface area contributed by atoms with Gasteiger partial charge >= 0.3 is 6.18 Å². The average Bonchev–Trinajstić information content (AvgIpc) is 3.33. The smallest absolute Gasteiger partial charge is 0.379 e. The van der Waals surface area contributed by atoms with E-state index in [2.05, 4.69) is 15.2 Å². The molecule has 1 aromatic heterocycles. The molecule has 1 aromatic carbocycles. The van der Waals surface area contributed by atoms with Gasteiger partial charge in [0.15, 0.2) is 23.2 Å². The van der Waals surface area contributed by atoms with Crippen molar-refractivity contribution >= 4 is 11.8 Å². The normalized spacial score (nSPS) is 15.7. The Hall–Kier alpha value is -2.68. The maximum absolute atomic E-state index is 13.8. The topological polar surface area (TPSA) is 88.9 Å². The summed E-state index contributed by atoms with van der Waals surface area (Å²) in [6.45, 7) is 3.62. The molecule has 0 saturated carbocycles. The summed E-state index contributed by atoms with van der Waals surface area (Å²) >= 11 is 0. The van der Waals surface area contributed by atoms with E-state index >= 15 is 0 Å². The summed E-state index contributed by atoms with van der Waals surface area (Å²) in [5.74, 6) is -6.07. The average molecular weight is 649 g/mol. The molecule has 0 bridgehead atoms. The van der Waals surface area contributed by atoms with Gasteiger partial charge in [0.25, 0.3) is 5.91 Å². The zero-order valence-electron chi connectivity index (χ0n) is 22.4. The number of rotatable bonds is 11. The van der Waals surface area contributed by atoms with Crippen LogP contribution in [0.15, 0.2) is 12.1 Å². The molecule has 9 nitrogen and oxygen atoms in total. The molecule has 0 spiro atoms. The number of fused-ring (bicyclic) bond motifs is 1. The largest absolute Gasteiger partial charge is 0.449 e. The first-order chi connectivity index (χ1) is 19.5. The van der Waals surface area contributed by atoms with Crippen molar-refractivity contribution in [1.29, 1.82) is 0 Å². The number of carbonyl (C=O) groups is 2. The number of amides is 2. The summed E-state index contributed by atoms with van der Waals surface area (Å²) in [4.78, 5) is 32.6. The Morgan fingerprint density at radius 1 is 1.02 bits per heavy atom. The molecule has 0 unspecified atom stereocenters. The Kier molecular flexibility index (Phi) is 12.2. The van der Waals surface area contributed by atoms with Gasteiger partial charge in [-0.3, -0.25) is 14.5 Å². The van der Waals surface area contributed by atoms with Crippen molar-refractivity contribution in [2.24, 2.45) is 0 Å². The fourth-order valence-electron chi connectivity index (χ4n) is 4.62. The predicted octanol–water partition coefficient (Wildman–Crippen LogP) is 2.57. The Labute approximate surface area is 248 Å². The van der Waals surface area contributed by atoms with Gasteiger partial charge in [0, 0.05) is 61.8 Å². The van der Waals surface area contributed by atoms with Crippen LogP contribution >= 0.6 is 0 Å². The van der Waals surface area contributed by atoms with Crippen LogP contribution in [0.4, 0.5) is 26.3 Å². The fourth-order valence-corrected chi connectivity index (χ4v) is 4.62. The van der Waals surface area contributed by atoms with Crippen LogP contribution in [-0.2, 0) is 56.4 Å². The molecule has 3 heterocycles. The van der Waals surface area contributed by atoms with Gasteiger partial charge in [-0.2, -0.15) is 19.6 Å². The van der Waals surface area contributed by atoms with Gasteiger partial charge in [-0.05, 0) is 11.6 Å². The molecule has 236 valence electrons. The molecule has 4 rings (SSSR count). The van der Waals surface area contributed by atoms with Crippen LogP contribution in [0, 0.1) is 23.9 Å². The van der Waals surface area contributed by atoms with Crippen molar-refractivity contribution < 1.29 is 61.9 Å². The van der Waals surface area contributed by atoms with Gasteiger partial charge < -0.3 is 30.7 Å². The van der Waals surface area contributed by atoms with Crippen LogP contribution in [0.3, 0.4) is 0 Å². The summed E-state index contributed by atoms with van der Waals surface area (Å²) in [6.07, 6.45) is -3.86. The molecule has 2 aliphatic heterocycles. The second-order valence-electron chi connectivity index (χ2n) is 9.57. The fraction of sp³-hybridized carbons (Fsp3) is 0.538. The van der Waals surface area contributed by atoms with Crippen molar-refractivity contribution in [2.75, 3.05) is 59.2 Å². The van der Waals surface area contributed by atoms with Crippen LogP contribution in [0.5, 0.6) is 0 Å². The van der Waals surface area contributed by atoms with E-state index in [4.69, 9.17) is 9.47 Å². The van der Waals surface area contributed by atoms with Gasteiger partial charge in [-0.25, -0.2) is 18.2 Å². The molecule has 2 amide bonds. The van der Waals surface area contributed by atoms with Crippen molar-refractivity contribution in [3.63, 3.8) is 0 Å². The Bertz CT molecular complexity index is 1240. The molecule has 1 fully saturated rings. The Balaban J connectivity index is 0.00000484. The zero-order valence-corrected chi connectivity index (χ0v) is 23.4. The van der Waals surface area contributed by atoms with Gasteiger partial charge in [0.1, 0.15) is 5.82 Å². The molecular formula is C26H30F6N5NiO4-. The molecule has 2 aliphatic rings. The first-order valence-corrected chi connectivity index (χ1v) is 13.1. The second-order valence-corrected chi connectivity index (χ2v) is 9.57. The van der Waals surface area contributed by atoms with Crippen LogP contribution < -0.4 is 5.32 Å². The quantitative estimate of drug-likeness (QED) is 0.133. The molecule has 0 aliphatic carbocycles. The van der Waals surface area contributed by atoms with E-state index in [0.717, 1.165) is 17.7 Å². The minimum absolute atomic E-state index is 0. The van der Waals surface area contributed by atoms with E-state index in [0.29, 0.717) is 38.5 Å². The van der Waals surface area contributed by atoms with Crippen LogP contribution in [0.1, 0.15) is 34.0 Å². The third-order valence-corrected chi connectivity index (χ3v) is 6.79. The van der Waals surface area contributed by atoms with Gasteiger partial charge in [0.05, 0.1) is 38.7 Å². The molecule has 1 saturated heterocycles. The van der Waals surface area contributed by atoms with Gasteiger partial charge in [0.2, 0.25) is 5.82 Å². The summed E-state index contributed by atoms with van der Waals surface area (Å²) < 4.78 is 93.0. The SMILES string of the molecule is O=C(NCCOCCN1CCOCC1)c1nc(C(F)(F)F)n2c1CN(C(=O)C[CH-]Cc1cc(F)c(F)cc1F)CC2.[Ni]. The van der Waals surface area contributed by atoms with E-state index in [9.17, 15) is 35.9 Å². The van der Waals surface area contributed by atoms with Crippen molar-refractivity contribution in [3.8, 4) is 0 Å². The van der Waals surface area contributed by atoms with Crippen molar-refractivity contribution in [1.82, 2.24) is 24.7 Å².